The van der Waals surface area contributed by atoms with Gasteiger partial charge in [0.1, 0.15) is 12.1 Å². The van der Waals surface area contributed by atoms with Crippen molar-refractivity contribution in [3.05, 3.63) is 66.5 Å². The van der Waals surface area contributed by atoms with Gasteiger partial charge < -0.3 is 4.74 Å². The Morgan fingerprint density at radius 3 is 2.79 bits per heavy atom. The minimum atomic E-state index is -1.43. The minimum absolute atomic E-state index is 0.509. The van der Waals surface area contributed by atoms with E-state index in [2.05, 4.69) is 20.1 Å². The summed E-state index contributed by atoms with van der Waals surface area (Å²) in [7, 11) is 0.156. The van der Waals surface area contributed by atoms with Gasteiger partial charge in [-0.2, -0.15) is 9.64 Å². The molecule has 0 saturated carbocycles. The summed E-state index contributed by atoms with van der Waals surface area (Å²) in [4.78, 5) is 4.64. The van der Waals surface area contributed by atoms with Crippen molar-refractivity contribution in [2.45, 2.75) is 4.90 Å². The second-order valence-electron chi connectivity index (χ2n) is 5.83. The van der Waals surface area contributed by atoms with Crippen LogP contribution in [-0.2, 0) is 11.0 Å². The lowest BCUT2D eigenvalue weighted by molar-refractivity contribution is 0.416. The Kier molecular flexibility index (Phi) is 5.02. The van der Waals surface area contributed by atoms with E-state index in [1.807, 2.05) is 42.5 Å². The van der Waals surface area contributed by atoms with Crippen molar-refractivity contribution >= 4 is 38.4 Å². The molecule has 0 aliphatic carbocycles. The smallest absolute Gasteiger partial charge is 0.214 e. The molecule has 0 radical (unpaired) electrons. The molecule has 3 aromatic carbocycles. The van der Waals surface area contributed by atoms with Gasteiger partial charge in [-0.25, -0.2) is 9.19 Å². The number of ether oxygens (including phenoxy) is 1. The first kappa shape index (κ1) is 18.1. The van der Waals surface area contributed by atoms with E-state index in [1.54, 1.807) is 19.2 Å². The number of nitriles is 1. The lowest BCUT2D eigenvalue weighted by Crippen LogP contribution is -2.04. The molecular weight excluding hydrogens is 392 g/mol. The van der Waals surface area contributed by atoms with Gasteiger partial charge in [0.05, 0.1) is 23.6 Å². The van der Waals surface area contributed by atoms with Gasteiger partial charge in [-0.3, -0.25) is 4.72 Å². The normalized spacial score (nSPS) is 11.7. The van der Waals surface area contributed by atoms with Gasteiger partial charge in [0.15, 0.2) is 11.0 Å². The Labute approximate surface area is 168 Å². The zero-order valence-electron chi connectivity index (χ0n) is 14.7. The number of rotatable bonds is 5. The topological polar surface area (TPSA) is 87.9 Å². The third-order valence-corrected chi connectivity index (χ3v) is 6.00. The van der Waals surface area contributed by atoms with E-state index in [0.29, 0.717) is 21.3 Å². The van der Waals surface area contributed by atoms with Gasteiger partial charge in [-0.05, 0) is 46.7 Å². The largest absolute Gasteiger partial charge is 0.496 e. The van der Waals surface area contributed by atoms with E-state index in [9.17, 15) is 4.21 Å². The number of anilines is 1. The summed E-state index contributed by atoms with van der Waals surface area (Å²) in [5.41, 5.74) is 2.42. The molecule has 0 aliphatic rings. The Morgan fingerprint density at radius 2 is 2.04 bits per heavy atom. The fraction of sp³-hybridized carbons (Fsp3) is 0.0500. The highest BCUT2D eigenvalue weighted by Crippen LogP contribution is 2.36. The van der Waals surface area contributed by atoms with Crippen LogP contribution in [-0.4, -0.2) is 20.7 Å². The van der Waals surface area contributed by atoms with Gasteiger partial charge in [0.25, 0.3) is 0 Å². The summed E-state index contributed by atoms with van der Waals surface area (Å²) in [6.45, 7) is 0. The van der Waals surface area contributed by atoms with Gasteiger partial charge in [0, 0.05) is 17.1 Å². The van der Waals surface area contributed by atoms with Gasteiger partial charge >= 0.3 is 0 Å². The van der Waals surface area contributed by atoms with Crippen LogP contribution in [0, 0.1) is 11.3 Å². The van der Waals surface area contributed by atoms with E-state index in [1.165, 1.54) is 6.33 Å². The molecule has 6 nitrogen and oxygen atoms in total. The van der Waals surface area contributed by atoms with Crippen molar-refractivity contribution < 1.29 is 8.95 Å². The molecule has 4 rings (SSSR count). The Hall–Kier alpha value is -3.28. The molecule has 1 aromatic heterocycles. The summed E-state index contributed by atoms with van der Waals surface area (Å²) in [5, 5.41) is 11.6. The predicted octanol–water partition coefficient (Wildman–Crippen LogP) is 4.37. The van der Waals surface area contributed by atoms with E-state index < -0.39 is 11.0 Å². The van der Waals surface area contributed by atoms with Crippen LogP contribution in [0.3, 0.4) is 0 Å². The molecule has 4 aromatic rings. The van der Waals surface area contributed by atoms with Gasteiger partial charge in [-0.1, -0.05) is 24.3 Å². The van der Waals surface area contributed by atoms with Crippen LogP contribution >= 0.6 is 11.5 Å². The molecular formula is C20H14N4O2S2. The lowest BCUT2D eigenvalue weighted by atomic mass is 9.97. The Bertz CT molecular complexity index is 1220. The maximum Gasteiger partial charge on any atom is 0.214 e. The highest BCUT2D eigenvalue weighted by molar-refractivity contribution is 7.86. The maximum atomic E-state index is 12.6. The van der Waals surface area contributed by atoms with Crippen LogP contribution in [0.4, 0.5) is 5.13 Å². The zero-order valence-corrected chi connectivity index (χ0v) is 16.4. The molecule has 28 heavy (non-hydrogen) atoms. The Balaban J connectivity index is 1.76. The predicted molar refractivity (Wildman–Crippen MR) is 111 cm³/mol. The standard InChI is InChI=1S/C20H14N4O2S2/c1-26-19-9-13(11-21)5-7-18(19)17-4-2-3-14-10-15(6-8-16(14)17)28(25)24-20-22-12-23-27-20/h2-10,12H,1H3,(H,22,23,24). The third kappa shape index (κ3) is 3.45. The van der Waals surface area contributed by atoms with E-state index in [0.717, 1.165) is 33.4 Å². The number of hydrogen-bond acceptors (Lipinski definition) is 6. The van der Waals surface area contributed by atoms with E-state index in [-0.39, 0.29) is 0 Å². The first-order chi connectivity index (χ1) is 13.7. The fourth-order valence-corrected chi connectivity index (χ4v) is 4.37. The first-order valence-corrected chi connectivity index (χ1v) is 10.2. The minimum Gasteiger partial charge on any atom is -0.496 e. The maximum absolute atomic E-state index is 12.6. The summed E-state index contributed by atoms with van der Waals surface area (Å²) in [6, 6.07) is 19.1. The number of methoxy groups -OCH3 is 1. The summed E-state index contributed by atoms with van der Waals surface area (Å²) < 4.78 is 24.8. The molecule has 0 spiro atoms. The van der Waals surface area contributed by atoms with Crippen molar-refractivity contribution in [1.29, 1.82) is 5.26 Å². The van der Waals surface area contributed by atoms with Crippen molar-refractivity contribution in [3.63, 3.8) is 0 Å². The molecule has 0 fully saturated rings. The molecule has 0 aliphatic heterocycles. The highest BCUT2D eigenvalue weighted by Gasteiger charge is 2.12. The van der Waals surface area contributed by atoms with Crippen LogP contribution in [0.5, 0.6) is 5.75 Å². The summed E-state index contributed by atoms with van der Waals surface area (Å²) in [6.07, 6.45) is 1.42. The molecule has 0 saturated heterocycles. The molecule has 1 N–H and O–H groups in total. The van der Waals surface area contributed by atoms with Crippen LogP contribution in [0.2, 0.25) is 0 Å². The van der Waals surface area contributed by atoms with Gasteiger partial charge in [-0.15, -0.1) is 0 Å². The molecule has 1 unspecified atom stereocenters. The van der Waals surface area contributed by atoms with Crippen molar-refractivity contribution in [1.82, 2.24) is 9.36 Å². The summed E-state index contributed by atoms with van der Waals surface area (Å²) in [5.74, 6) is 0.636. The van der Waals surface area contributed by atoms with Crippen LogP contribution in [0.25, 0.3) is 21.9 Å². The van der Waals surface area contributed by atoms with Crippen LogP contribution in [0.15, 0.2) is 65.8 Å². The second kappa shape index (κ2) is 7.76. The van der Waals surface area contributed by atoms with Crippen molar-refractivity contribution in [3.8, 4) is 22.9 Å². The van der Waals surface area contributed by atoms with E-state index >= 15 is 0 Å². The average molecular weight is 406 g/mol. The monoisotopic (exact) mass is 406 g/mol. The quantitative estimate of drug-likeness (QED) is 0.532. The molecule has 1 heterocycles. The number of nitrogens with one attached hydrogen (secondary N) is 1. The Morgan fingerprint density at radius 1 is 1.14 bits per heavy atom. The highest BCUT2D eigenvalue weighted by atomic mass is 32.2. The number of fused-ring (bicyclic) bond motifs is 1. The number of hydrogen-bond donors (Lipinski definition) is 1. The molecule has 138 valence electrons. The molecule has 0 amide bonds. The van der Waals surface area contributed by atoms with Crippen LogP contribution < -0.4 is 9.46 Å². The van der Waals surface area contributed by atoms with Gasteiger partial charge in [0.2, 0.25) is 5.13 Å². The molecule has 8 heteroatoms. The SMILES string of the molecule is COc1cc(C#N)ccc1-c1cccc2cc(S(=O)Nc3ncns3)ccc12. The zero-order chi connectivity index (χ0) is 19.5. The summed E-state index contributed by atoms with van der Waals surface area (Å²) >= 11 is 1.15. The molecule has 0 bridgehead atoms. The van der Waals surface area contributed by atoms with Crippen LogP contribution in [0.1, 0.15) is 5.56 Å². The number of benzene rings is 3. The fourth-order valence-electron chi connectivity index (χ4n) is 2.95. The number of aromatic nitrogens is 2. The second-order valence-corrected chi connectivity index (χ2v) is 7.83. The number of nitrogens with zero attached hydrogens (tertiary/aromatic N) is 3. The first-order valence-electron chi connectivity index (χ1n) is 8.26. The third-order valence-electron chi connectivity index (χ3n) is 4.23. The van der Waals surface area contributed by atoms with E-state index in [4.69, 9.17) is 10.00 Å². The lowest BCUT2D eigenvalue weighted by Gasteiger charge is -2.12. The van der Waals surface area contributed by atoms with Crippen molar-refractivity contribution in [2.24, 2.45) is 0 Å². The average Bonchev–Trinajstić information content (AvgIpc) is 3.25. The van der Waals surface area contributed by atoms with Crippen molar-refractivity contribution in [2.75, 3.05) is 11.8 Å². The molecule has 1 atom stereocenters.